The van der Waals surface area contributed by atoms with Crippen LogP contribution in [-0.4, -0.2) is 36.8 Å². The van der Waals surface area contributed by atoms with Gasteiger partial charge in [0.15, 0.2) is 0 Å². The van der Waals surface area contributed by atoms with E-state index in [1.54, 1.807) is 5.32 Å². The van der Waals surface area contributed by atoms with Crippen LogP contribution in [-0.2, 0) is 4.79 Å². The third-order valence-corrected chi connectivity index (χ3v) is 6.49. The first kappa shape index (κ1) is 30.3. The van der Waals surface area contributed by atoms with Crippen LogP contribution in [0.3, 0.4) is 0 Å². The molecule has 2 atom stereocenters. The quantitative estimate of drug-likeness (QED) is 0.243. The van der Waals surface area contributed by atoms with E-state index < -0.39 is 42.7 Å². The summed E-state index contributed by atoms with van der Waals surface area (Å²) in [5, 5.41) is 3.55. The normalized spacial score (nSPS) is 14.0. The molecule has 0 spiro atoms. The molecule has 4 nitrogen and oxygen atoms in total. The zero-order chi connectivity index (χ0) is 27.4. The Morgan fingerprint density at radius 2 is 1.61 bits per heavy atom. The van der Waals surface area contributed by atoms with Crippen LogP contribution in [0.25, 0.3) is 6.08 Å². The number of nitrogens with one attached hydrogen (secondary N) is 2. The molecule has 2 unspecified atom stereocenters. The molecule has 0 heterocycles. The number of hydrogen-bond donors (Lipinski definition) is 2. The molecule has 0 bridgehead atoms. The molecule has 14 heteroatoms. The predicted molar refractivity (Wildman–Crippen MR) is 129 cm³/mol. The summed E-state index contributed by atoms with van der Waals surface area (Å²) in [6, 6.07) is 4.82. The second-order valence-corrected chi connectivity index (χ2v) is 9.49. The van der Waals surface area contributed by atoms with Crippen LogP contribution in [0.15, 0.2) is 40.9 Å². The fourth-order valence-electron chi connectivity index (χ4n) is 2.87. The maximum atomic E-state index is 13.7. The molecule has 2 aromatic carbocycles. The highest BCUT2D eigenvalue weighted by Crippen LogP contribution is 2.41. The molecule has 2 N–H and O–H groups in total. The van der Waals surface area contributed by atoms with Crippen molar-refractivity contribution in [1.29, 1.82) is 0 Å². The van der Waals surface area contributed by atoms with Crippen molar-refractivity contribution in [2.45, 2.75) is 31.2 Å². The summed E-state index contributed by atoms with van der Waals surface area (Å²) >= 11 is 20.7. The van der Waals surface area contributed by atoms with Crippen LogP contribution in [0.5, 0.6) is 0 Å². The smallest absolute Gasteiger partial charge is 0.345 e. The largest absolute Gasteiger partial charge is 0.405 e. The molecule has 0 saturated carbocycles. The maximum Gasteiger partial charge on any atom is 0.405 e. The zero-order valence-corrected chi connectivity index (χ0v) is 21.9. The zero-order valence-electron chi connectivity index (χ0n) is 18.0. The second-order valence-electron chi connectivity index (χ2n) is 7.44. The number of hydrogen-bond acceptors (Lipinski definition) is 2. The van der Waals surface area contributed by atoms with E-state index in [9.17, 15) is 35.9 Å². The molecule has 0 fully saturated rings. The second kappa shape index (κ2) is 12.1. The van der Waals surface area contributed by atoms with Crippen molar-refractivity contribution in [3.8, 4) is 0 Å². The molecule has 0 saturated heterocycles. The average molecular weight is 641 g/mol. The van der Waals surface area contributed by atoms with Crippen LogP contribution in [0, 0.1) is 0 Å². The number of rotatable bonds is 7. The maximum absolute atomic E-state index is 13.7. The van der Waals surface area contributed by atoms with Gasteiger partial charge in [-0.3, -0.25) is 9.59 Å². The highest BCUT2D eigenvalue weighted by Gasteiger charge is 2.39. The molecule has 2 aromatic rings. The molecule has 0 radical (unpaired) electrons. The van der Waals surface area contributed by atoms with E-state index >= 15 is 0 Å². The number of carbonyl (C=O) groups is 2. The Hall–Kier alpha value is -1.95. The van der Waals surface area contributed by atoms with Crippen molar-refractivity contribution in [3.63, 3.8) is 0 Å². The molecule has 0 aliphatic rings. The van der Waals surface area contributed by atoms with Gasteiger partial charge >= 0.3 is 12.4 Å². The number of alkyl halides is 6. The van der Waals surface area contributed by atoms with E-state index in [4.69, 9.17) is 34.8 Å². The summed E-state index contributed by atoms with van der Waals surface area (Å²) in [6.45, 7) is -0.356. The van der Waals surface area contributed by atoms with Crippen LogP contribution >= 0.6 is 50.7 Å². The summed E-state index contributed by atoms with van der Waals surface area (Å²) in [4.78, 5) is 24.2. The standard InChI is InChI=1S/C22H16BrCl3F6N2O2/c1-10(19(35)33-9-21(27,28)29)34-20(36)13-4-2-11(6-15(13)23)3-5-14(22(30,31)32)12-7-16(24)18(26)17(25)8-12/h2-8,10,14H,9H2,1H3,(H,33,35)(H,34,36)/b5-3+. The summed E-state index contributed by atoms with van der Waals surface area (Å²) in [7, 11) is 0. The lowest BCUT2D eigenvalue weighted by molar-refractivity contribution is -0.139. The summed E-state index contributed by atoms with van der Waals surface area (Å²) in [5.74, 6) is -3.90. The van der Waals surface area contributed by atoms with Gasteiger partial charge in [-0.25, -0.2) is 0 Å². The van der Waals surface area contributed by atoms with Crippen molar-refractivity contribution in [3.05, 3.63) is 72.6 Å². The SMILES string of the molecule is CC(NC(=O)c1ccc(/C=C/C(c2cc(Cl)c(Cl)c(Cl)c2)C(F)(F)F)cc1Br)C(=O)NCC(F)(F)F. The van der Waals surface area contributed by atoms with Gasteiger partial charge in [-0.05, 0) is 58.2 Å². The van der Waals surface area contributed by atoms with Crippen molar-refractivity contribution in [1.82, 2.24) is 10.6 Å². The molecule has 2 amide bonds. The van der Waals surface area contributed by atoms with Gasteiger partial charge in [0.25, 0.3) is 5.91 Å². The van der Waals surface area contributed by atoms with Crippen LogP contribution < -0.4 is 10.6 Å². The first-order valence-electron chi connectivity index (χ1n) is 9.84. The van der Waals surface area contributed by atoms with Crippen molar-refractivity contribution >= 4 is 68.6 Å². The van der Waals surface area contributed by atoms with Crippen molar-refractivity contribution in [2.24, 2.45) is 0 Å². The van der Waals surface area contributed by atoms with Crippen LogP contribution in [0.4, 0.5) is 26.3 Å². The molecule has 2 rings (SSSR count). The number of allylic oxidation sites excluding steroid dienone is 1. The number of amides is 2. The van der Waals surface area contributed by atoms with Gasteiger partial charge in [-0.2, -0.15) is 26.3 Å². The Kier molecular flexibility index (Phi) is 10.1. The van der Waals surface area contributed by atoms with E-state index in [0.717, 1.165) is 18.2 Å². The van der Waals surface area contributed by atoms with E-state index in [0.29, 0.717) is 0 Å². The van der Waals surface area contributed by atoms with Crippen LogP contribution in [0.2, 0.25) is 15.1 Å². The lowest BCUT2D eigenvalue weighted by atomic mass is 9.97. The minimum Gasteiger partial charge on any atom is -0.345 e. The van der Waals surface area contributed by atoms with Gasteiger partial charge in [0, 0.05) is 4.47 Å². The fourth-order valence-corrected chi connectivity index (χ4v) is 4.06. The van der Waals surface area contributed by atoms with Gasteiger partial charge in [-0.15, -0.1) is 0 Å². The summed E-state index contributed by atoms with van der Waals surface area (Å²) in [6.07, 6.45) is -7.24. The highest BCUT2D eigenvalue weighted by molar-refractivity contribution is 9.10. The lowest BCUT2D eigenvalue weighted by Crippen LogP contribution is -2.47. The minimum atomic E-state index is -4.68. The van der Waals surface area contributed by atoms with E-state index in [-0.39, 0.29) is 36.2 Å². The number of carbonyl (C=O) groups excluding carboxylic acids is 2. The average Bonchev–Trinajstić information content (AvgIpc) is 2.74. The number of benzene rings is 2. The topological polar surface area (TPSA) is 58.2 Å². The first-order valence-corrected chi connectivity index (χ1v) is 11.8. The van der Waals surface area contributed by atoms with Crippen molar-refractivity contribution in [2.75, 3.05) is 6.54 Å². The van der Waals surface area contributed by atoms with Gasteiger partial charge in [0.1, 0.15) is 12.6 Å². The third kappa shape index (κ3) is 8.57. The predicted octanol–water partition coefficient (Wildman–Crippen LogP) is 7.57. The molecule has 0 aromatic heterocycles. The molecular formula is C22H16BrCl3F6N2O2. The number of halogens is 10. The van der Waals surface area contributed by atoms with E-state index in [2.05, 4.69) is 21.2 Å². The monoisotopic (exact) mass is 638 g/mol. The molecular weight excluding hydrogens is 625 g/mol. The Labute approximate surface area is 225 Å². The molecule has 0 aliphatic heterocycles. The fraction of sp³-hybridized carbons (Fsp3) is 0.273. The Balaban J connectivity index is 2.19. The molecule has 36 heavy (non-hydrogen) atoms. The Morgan fingerprint density at radius 1 is 1.03 bits per heavy atom. The Morgan fingerprint density at radius 3 is 2.11 bits per heavy atom. The van der Waals surface area contributed by atoms with Crippen molar-refractivity contribution < 1.29 is 35.9 Å². The van der Waals surface area contributed by atoms with E-state index in [1.165, 1.54) is 31.2 Å². The van der Waals surface area contributed by atoms with Crippen LogP contribution in [0.1, 0.15) is 34.3 Å². The summed E-state index contributed by atoms with van der Waals surface area (Å²) in [5.41, 5.74) is 0.0621. The lowest BCUT2D eigenvalue weighted by Gasteiger charge is -2.18. The molecule has 0 aliphatic carbocycles. The first-order chi connectivity index (χ1) is 16.5. The highest BCUT2D eigenvalue weighted by atomic mass is 79.9. The third-order valence-electron chi connectivity index (χ3n) is 4.64. The van der Waals surface area contributed by atoms with Gasteiger partial charge in [-0.1, -0.05) is 53.0 Å². The van der Waals surface area contributed by atoms with E-state index in [1.807, 2.05) is 0 Å². The van der Waals surface area contributed by atoms with Gasteiger partial charge < -0.3 is 10.6 Å². The van der Waals surface area contributed by atoms with Gasteiger partial charge in [0.2, 0.25) is 5.91 Å². The summed E-state index contributed by atoms with van der Waals surface area (Å²) < 4.78 is 78.0. The van der Waals surface area contributed by atoms with Gasteiger partial charge in [0.05, 0.1) is 26.5 Å². The minimum absolute atomic E-state index is 0.00579. The Bertz CT molecular complexity index is 1150. The molecule has 196 valence electrons.